The fourth-order valence-electron chi connectivity index (χ4n) is 1.91. The van der Waals surface area contributed by atoms with Crippen LogP contribution in [0.25, 0.3) is 0 Å². The van der Waals surface area contributed by atoms with Crippen molar-refractivity contribution in [2.24, 2.45) is 0 Å². The highest BCUT2D eigenvalue weighted by Crippen LogP contribution is 2.48. The van der Waals surface area contributed by atoms with Gasteiger partial charge in [0.1, 0.15) is 12.7 Å². The Morgan fingerprint density at radius 2 is 2.07 bits per heavy atom. The number of carbonyl (C=O) groups excluding carboxylic acids is 1. The number of nitrogens with one attached hydrogen (secondary N) is 2. The summed E-state index contributed by atoms with van der Waals surface area (Å²) in [5.74, 6) is 0.707. The topological polar surface area (TPSA) is 158 Å². The SMILES string of the molecule is CNC(=O)COC[C@@H](OC(/C=C/P(=O)(OC)OC)CO)n1ccc(=O)[nH]c1=O. The van der Waals surface area contributed by atoms with Crippen molar-refractivity contribution in [3.05, 3.63) is 45.0 Å². The highest BCUT2D eigenvalue weighted by Gasteiger charge is 2.21. The Kier molecular flexibility index (Phi) is 10.0. The molecule has 1 aromatic heterocycles. The van der Waals surface area contributed by atoms with Gasteiger partial charge in [-0.2, -0.15) is 0 Å². The van der Waals surface area contributed by atoms with Crippen LogP contribution in [0.15, 0.2) is 33.7 Å². The van der Waals surface area contributed by atoms with Gasteiger partial charge in [0.15, 0.2) is 6.23 Å². The van der Waals surface area contributed by atoms with Gasteiger partial charge in [-0.05, 0) is 6.08 Å². The van der Waals surface area contributed by atoms with E-state index in [0.29, 0.717) is 0 Å². The monoisotopic (exact) mass is 421 g/mol. The molecule has 158 valence electrons. The zero-order valence-corrected chi connectivity index (χ0v) is 16.6. The summed E-state index contributed by atoms with van der Waals surface area (Å²) in [6.07, 6.45) is 0.296. The average molecular weight is 421 g/mol. The molecule has 0 aliphatic heterocycles. The number of hydrogen-bond acceptors (Lipinski definition) is 9. The van der Waals surface area contributed by atoms with Gasteiger partial charge in [-0.3, -0.25) is 23.7 Å². The molecule has 1 heterocycles. The van der Waals surface area contributed by atoms with Gasteiger partial charge in [0.25, 0.3) is 5.56 Å². The molecular formula is C15H24N3O9P. The first-order chi connectivity index (χ1) is 13.3. The Morgan fingerprint density at radius 1 is 1.39 bits per heavy atom. The second-order valence-electron chi connectivity index (χ2n) is 5.26. The zero-order chi connectivity index (χ0) is 21.2. The lowest BCUT2D eigenvalue weighted by Crippen LogP contribution is -2.37. The van der Waals surface area contributed by atoms with Crippen LogP contribution in [0.2, 0.25) is 0 Å². The molecule has 1 rings (SSSR count). The lowest BCUT2D eigenvalue weighted by molar-refractivity contribution is -0.131. The second kappa shape index (κ2) is 11.7. The van der Waals surface area contributed by atoms with Gasteiger partial charge in [0, 0.05) is 39.3 Å². The van der Waals surface area contributed by atoms with Crippen molar-refractivity contribution in [2.75, 3.05) is 41.1 Å². The van der Waals surface area contributed by atoms with Crippen molar-refractivity contribution < 1.29 is 33.0 Å². The third kappa shape index (κ3) is 7.50. The van der Waals surface area contributed by atoms with Crippen molar-refractivity contribution in [3.8, 4) is 0 Å². The van der Waals surface area contributed by atoms with E-state index < -0.39 is 43.7 Å². The minimum atomic E-state index is -3.49. The fourth-order valence-corrected chi connectivity index (χ4v) is 2.71. The van der Waals surface area contributed by atoms with Gasteiger partial charge in [0.05, 0.1) is 13.2 Å². The average Bonchev–Trinajstić information content (AvgIpc) is 2.69. The number of aromatic amines is 1. The number of ether oxygens (including phenoxy) is 2. The third-order valence-electron chi connectivity index (χ3n) is 3.44. The molecule has 0 radical (unpaired) electrons. The molecule has 0 saturated heterocycles. The Labute approximate surface area is 160 Å². The molecule has 0 aliphatic carbocycles. The number of hydrogen-bond donors (Lipinski definition) is 3. The molecule has 0 saturated carbocycles. The molecule has 1 unspecified atom stereocenters. The van der Waals surface area contributed by atoms with Gasteiger partial charge < -0.3 is 28.9 Å². The number of H-pyrrole nitrogens is 1. The van der Waals surface area contributed by atoms with E-state index in [1.807, 2.05) is 0 Å². The van der Waals surface area contributed by atoms with Crippen LogP contribution in [0.3, 0.4) is 0 Å². The summed E-state index contributed by atoms with van der Waals surface area (Å²) in [6.45, 7) is -1.08. The van der Waals surface area contributed by atoms with Crippen LogP contribution in [-0.4, -0.2) is 67.8 Å². The van der Waals surface area contributed by atoms with Crippen molar-refractivity contribution in [2.45, 2.75) is 12.3 Å². The van der Waals surface area contributed by atoms with Crippen LogP contribution in [0.1, 0.15) is 6.23 Å². The Morgan fingerprint density at radius 3 is 2.61 bits per heavy atom. The lowest BCUT2D eigenvalue weighted by Gasteiger charge is -2.23. The van der Waals surface area contributed by atoms with Gasteiger partial charge in [-0.15, -0.1) is 0 Å². The van der Waals surface area contributed by atoms with E-state index in [2.05, 4.69) is 10.3 Å². The minimum absolute atomic E-state index is 0.254. The maximum Gasteiger partial charge on any atom is 0.353 e. The number of nitrogens with zero attached hydrogens (tertiary/aromatic N) is 1. The van der Waals surface area contributed by atoms with Crippen LogP contribution >= 0.6 is 7.60 Å². The first-order valence-corrected chi connectivity index (χ1v) is 9.66. The molecule has 0 aliphatic rings. The lowest BCUT2D eigenvalue weighted by atomic mass is 10.3. The summed E-state index contributed by atoms with van der Waals surface area (Å²) < 4.78 is 33.4. The smallest absolute Gasteiger partial charge is 0.353 e. The fraction of sp³-hybridized carbons (Fsp3) is 0.533. The molecule has 0 aromatic carbocycles. The summed E-state index contributed by atoms with van der Waals surface area (Å²) >= 11 is 0. The molecule has 12 nitrogen and oxygen atoms in total. The largest absolute Gasteiger partial charge is 0.393 e. The van der Waals surface area contributed by atoms with E-state index in [0.717, 1.165) is 16.5 Å². The van der Waals surface area contributed by atoms with Crippen molar-refractivity contribution in [1.82, 2.24) is 14.9 Å². The predicted octanol–water partition coefficient (Wildman–Crippen LogP) is -0.825. The molecule has 1 aromatic rings. The van der Waals surface area contributed by atoms with E-state index in [-0.39, 0.29) is 13.2 Å². The highest BCUT2D eigenvalue weighted by atomic mass is 31.2. The molecule has 28 heavy (non-hydrogen) atoms. The number of aromatic nitrogens is 2. The van der Waals surface area contributed by atoms with E-state index >= 15 is 0 Å². The molecule has 3 N–H and O–H groups in total. The van der Waals surface area contributed by atoms with Crippen molar-refractivity contribution in [1.29, 1.82) is 0 Å². The van der Waals surface area contributed by atoms with Crippen LogP contribution < -0.4 is 16.6 Å². The molecule has 1 amide bonds. The number of rotatable bonds is 12. The number of carbonyl (C=O) groups is 1. The van der Waals surface area contributed by atoms with Crippen LogP contribution in [0, 0.1) is 0 Å². The zero-order valence-electron chi connectivity index (χ0n) is 15.7. The quantitative estimate of drug-likeness (QED) is 0.366. The second-order valence-corrected chi connectivity index (χ2v) is 7.37. The highest BCUT2D eigenvalue weighted by molar-refractivity contribution is 7.57. The van der Waals surface area contributed by atoms with E-state index in [1.54, 1.807) is 0 Å². The summed E-state index contributed by atoms with van der Waals surface area (Å²) in [5.41, 5.74) is -1.38. The number of aliphatic hydroxyl groups is 1. The van der Waals surface area contributed by atoms with Crippen molar-refractivity contribution in [3.63, 3.8) is 0 Å². The standard InChI is InChI=1S/C15H24N3O9P/c1-16-13(21)9-26-10-14(18-6-4-12(20)17-15(18)22)27-11(8-19)5-7-28(23,24-2)25-3/h4-7,11,14,19H,8-10H2,1-3H3,(H,16,21)(H,17,20,22)/b7-5+/t11?,14-/m1/s1. The molecule has 0 spiro atoms. The molecule has 2 atom stereocenters. The summed E-state index contributed by atoms with van der Waals surface area (Å²) in [6, 6.07) is 1.10. The third-order valence-corrected chi connectivity index (χ3v) is 4.99. The van der Waals surface area contributed by atoms with Crippen LogP contribution in [-0.2, 0) is 27.9 Å². The number of aliphatic hydroxyl groups excluding tert-OH is 1. The first-order valence-electron chi connectivity index (χ1n) is 8.05. The van der Waals surface area contributed by atoms with E-state index in [4.69, 9.17) is 18.5 Å². The number of likely N-dealkylation sites (N-methyl/N-ethyl adjacent to an activating group) is 1. The first kappa shape index (κ1) is 24.0. The predicted molar refractivity (Wildman–Crippen MR) is 98.0 cm³/mol. The molecule has 13 heteroatoms. The van der Waals surface area contributed by atoms with Gasteiger partial charge >= 0.3 is 13.3 Å². The van der Waals surface area contributed by atoms with Crippen molar-refractivity contribution >= 4 is 13.5 Å². The van der Waals surface area contributed by atoms with Crippen LogP contribution in [0.5, 0.6) is 0 Å². The van der Waals surface area contributed by atoms with Gasteiger partial charge in [-0.1, -0.05) is 0 Å². The molecule has 0 fully saturated rings. The van der Waals surface area contributed by atoms with E-state index in [1.165, 1.54) is 33.5 Å². The normalized spacial score (nSPS) is 14.1. The summed E-state index contributed by atoms with van der Waals surface area (Å²) in [7, 11) is 0.330. The summed E-state index contributed by atoms with van der Waals surface area (Å²) in [4.78, 5) is 36.7. The number of amides is 1. The molecule has 0 bridgehead atoms. The Balaban J connectivity index is 3.03. The Hall–Kier alpha value is -2.08. The minimum Gasteiger partial charge on any atom is -0.393 e. The van der Waals surface area contributed by atoms with Crippen LogP contribution in [0.4, 0.5) is 0 Å². The summed E-state index contributed by atoms with van der Waals surface area (Å²) in [5, 5.41) is 11.9. The maximum atomic E-state index is 12.1. The molecular weight excluding hydrogens is 397 g/mol. The van der Waals surface area contributed by atoms with Gasteiger partial charge in [-0.25, -0.2) is 4.79 Å². The maximum absolute atomic E-state index is 12.1. The van der Waals surface area contributed by atoms with Gasteiger partial charge in [0.2, 0.25) is 5.91 Å². The Bertz CT molecular complexity index is 811. The van der Waals surface area contributed by atoms with E-state index in [9.17, 15) is 24.1 Å².